The normalized spacial score (nSPS) is 20.9. The van der Waals surface area contributed by atoms with Crippen LogP contribution in [0.4, 0.5) is 5.69 Å². The molecule has 1 saturated heterocycles. The molecule has 1 N–H and O–H groups in total. The van der Waals surface area contributed by atoms with Crippen molar-refractivity contribution in [2.75, 3.05) is 18.0 Å². The molecule has 0 aromatic heterocycles. The van der Waals surface area contributed by atoms with Gasteiger partial charge in [0.05, 0.1) is 5.56 Å². The van der Waals surface area contributed by atoms with Gasteiger partial charge in [0.1, 0.15) is 0 Å². The second kappa shape index (κ2) is 3.49. The van der Waals surface area contributed by atoms with E-state index in [0.717, 1.165) is 18.8 Å². The molecule has 0 atom stereocenters. The Balaban J connectivity index is 1.83. The first kappa shape index (κ1) is 10.6. The van der Waals surface area contributed by atoms with Gasteiger partial charge in [0, 0.05) is 24.2 Å². The van der Waals surface area contributed by atoms with Crippen LogP contribution in [0, 0.1) is 12.3 Å². The van der Waals surface area contributed by atoms with Crippen LogP contribution in [-0.4, -0.2) is 24.2 Å². The number of rotatable bonds is 2. The lowest BCUT2D eigenvalue weighted by atomic mass is 9.63. The van der Waals surface area contributed by atoms with Gasteiger partial charge in [0.2, 0.25) is 0 Å². The van der Waals surface area contributed by atoms with Crippen molar-refractivity contribution in [3.8, 4) is 0 Å². The standard InChI is InChI=1S/C14H17NO2/c1-10-3-4-11(13(16)17)7-12(10)15-8-14(9-15)5-2-6-14/h3-4,7H,2,5-6,8-9H2,1H3,(H,16,17). The number of anilines is 1. The van der Waals surface area contributed by atoms with Gasteiger partial charge in [0.25, 0.3) is 0 Å². The third kappa shape index (κ3) is 1.61. The Labute approximate surface area is 101 Å². The Hall–Kier alpha value is -1.51. The van der Waals surface area contributed by atoms with E-state index in [1.54, 1.807) is 6.07 Å². The molecule has 17 heavy (non-hydrogen) atoms. The van der Waals surface area contributed by atoms with Crippen LogP contribution in [0.15, 0.2) is 18.2 Å². The quantitative estimate of drug-likeness (QED) is 0.850. The Morgan fingerprint density at radius 2 is 2.06 bits per heavy atom. The maximum absolute atomic E-state index is 11.0. The fourth-order valence-electron chi connectivity index (χ4n) is 3.01. The van der Waals surface area contributed by atoms with Gasteiger partial charge in [0.15, 0.2) is 0 Å². The number of hydrogen-bond acceptors (Lipinski definition) is 2. The highest BCUT2D eigenvalue weighted by atomic mass is 16.4. The molecule has 1 saturated carbocycles. The third-order valence-corrected chi connectivity index (χ3v) is 4.26. The Morgan fingerprint density at radius 3 is 2.59 bits per heavy atom. The van der Waals surface area contributed by atoms with E-state index in [1.807, 2.05) is 19.1 Å². The zero-order valence-corrected chi connectivity index (χ0v) is 10.1. The molecule has 0 unspecified atom stereocenters. The van der Waals surface area contributed by atoms with E-state index in [4.69, 9.17) is 5.11 Å². The average molecular weight is 231 g/mol. The molecule has 0 radical (unpaired) electrons. The van der Waals surface area contributed by atoms with Crippen LogP contribution < -0.4 is 4.90 Å². The molecule has 90 valence electrons. The zero-order valence-electron chi connectivity index (χ0n) is 10.1. The number of carboxylic acid groups (broad SMARTS) is 1. The summed E-state index contributed by atoms with van der Waals surface area (Å²) in [7, 11) is 0. The van der Waals surface area contributed by atoms with Gasteiger partial charge in [-0.3, -0.25) is 0 Å². The minimum Gasteiger partial charge on any atom is -0.478 e. The summed E-state index contributed by atoms with van der Waals surface area (Å²) in [6.07, 6.45) is 4.06. The number of carbonyl (C=O) groups is 1. The monoisotopic (exact) mass is 231 g/mol. The van der Waals surface area contributed by atoms with Gasteiger partial charge in [-0.1, -0.05) is 12.5 Å². The summed E-state index contributed by atoms with van der Waals surface area (Å²) in [5, 5.41) is 9.01. The molecule has 3 nitrogen and oxygen atoms in total. The Bertz CT molecular complexity index is 469. The Kier molecular flexibility index (Phi) is 2.18. The van der Waals surface area contributed by atoms with Crippen molar-refractivity contribution in [1.82, 2.24) is 0 Å². The molecule has 1 spiro atoms. The van der Waals surface area contributed by atoms with Crippen molar-refractivity contribution in [1.29, 1.82) is 0 Å². The first-order valence-corrected chi connectivity index (χ1v) is 6.19. The van der Waals surface area contributed by atoms with Gasteiger partial charge < -0.3 is 10.0 Å². The van der Waals surface area contributed by atoms with Crippen LogP contribution in [0.25, 0.3) is 0 Å². The lowest BCUT2D eigenvalue weighted by molar-refractivity contribution is 0.0696. The molecule has 1 aromatic rings. The van der Waals surface area contributed by atoms with Crippen molar-refractivity contribution in [3.63, 3.8) is 0 Å². The van der Waals surface area contributed by atoms with E-state index in [-0.39, 0.29) is 0 Å². The lowest BCUT2D eigenvalue weighted by Gasteiger charge is -2.57. The van der Waals surface area contributed by atoms with E-state index in [9.17, 15) is 4.79 Å². The molecular weight excluding hydrogens is 214 g/mol. The number of aromatic carboxylic acids is 1. The van der Waals surface area contributed by atoms with Crippen molar-refractivity contribution >= 4 is 11.7 Å². The average Bonchev–Trinajstić information content (AvgIpc) is 2.15. The number of carboxylic acids is 1. The second-order valence-corrected chi connectivity index (χ2v) is 5.52. The van der Waals surface area contributed by atoms with Crippen molar-refractivity contribution in [3.05, 3.63) is 29.3 Å². The van der Waals surface area contributed by atoms with E-state index in [2.05, 4.69) is 4.90 Å². The van der Waals surface area contributed by atoms with Crippen LogP contribution in [0.2, 0.25) is 0 Å². The van der Waals surface area contributed by atoms with Crippen molar-refractivity contribution in [2.45, 2.75) is 26.2 Å². The summed E-state index contributed by atoms with van der Waals surface area (Å²) >= 11 is 0. The van der Waals surface area contributed by atoms with Gasteiger partial charge in [-0.05, 0) is 37.5 Å². The van der Waals surface area contributed by atoms with Crippen LogP contribution >= 0.6 is 0 Å². The van der Waals surface area contributed by atoms with Gasteiger partial charge in [-0.25, -0.2) is 4.79 Å². The maximum atomic E-state index is 11.0. The third-order valence-electron chi connectivity index (χ3n) is 4.26. The number of nitrogens with zero attached hydrogens (tertiary/aromatic N) is 1. The molecule has 3 rings (SSSR count). The summed E-state index contributed by atoms with van der Waals surface area (Å²) in [4.78, 5) is 13.3. The molecule has 1 aliphatic carbocycles. The summed E-state index contributed by atoms with van der Waals surface area (Å²) in [5.41, 5.74) is 3.23. The molecule has 1 aliphatic heterocycles. The highest BCUT2D eigenvalue weighted by Crippen LogP contribution is 2.49. The van der Waals surface area contributed by atoms with E-state index >= 15 is 0 Å². The predicted octanol–water partition coefficient (Wildman–Crippen LogP) is 2.68. The van der Waals surface area contributed by atoms with E-state index in [1.165, 1.54) is 24.8 Å². The fraction of sp³-hybridized carbons (Fsp3) is 0.500. The number of benzene rings is 1. The topological polar surface area (TPSA) is 40.5 Å². The maximum Gasteiger partial charge on any atom is 0.335 e. The first-order valence-electron chi connectivity index (χ1n) is 6.19. The minimum atomic E-state index is -0.842. The molecule has 2 aliphatic rings. The van der Waals surface area contributed by atoms with Crippen LogP contribution in [0.5, 0.6) is 0 Å². The highest BCUT2D eigenvalue weighted by molar-refractivity contribution is 5.89. The van der Waals surface area contributed by atoms with Crippen LogP contribution in [0.3, 0.4) is 0 Å². The van der Waals surface area contributed by atoms with Crippen molar-refractivity contribution < 1.29 is 9.90 Å². The van der Waals surface area contributed by atoms with Crippen molar-refractivity contribution in [2.24, 2.45) is 5.41 Å². The van der Waals surface area contributed by atoms with Gasteiger partial charge in [-0.2, -0.15) is 0 Å². The smallest absolute Gasteiger partial charge is 0.335 e. The van der Waals surface area contributed by atoms with E-state index in [0.29, 0.717) is 11.0 Å². The first-order chi connectivity index (χ1) is 8.10. The summed E-state index contributed by atoms with van der Waals surface area (Å²) in [6, 6.07) is 5.40. The van der Waals surface area contributed by atoms with Gasteiger partial charge >= 0.3 is 5.97 Å². The van der Waals surface area contributed by atoms with E-state index < -0.39 is 5.97 Å². The molecular formula is C14H17NO2. The minimum absolute atomic E-state index is 0.389. The SMILES string of the molecule is Cc1ccc(C(=O)O)cc1N1CC2(CCC2)C1. The zero-order chi connectivity index (χ0) is 12.0. The van der Waals surface area contributed by atoms with Gasteiger partial charge in [-0.15, -0.1) is 0 Å². The van der Waals surface area contributed by atoms with Crippen LogP contribution in [-0.2, 0) is 0 Å². The number of hydrogen-bond donors (Lipinski definition) is 1. The molecule has 0 bridgehead atoms. The molecule has 2 fully saturated rings. The lowest BCUT2D eigenvalue weighted by Crippen LogP contribution is -2.60. The summed E-state index contributed by atoms with van der Waals surface area (Å²) in [5.74, 6) is -0.842. The molecule has 3 heteroatoms. The predicted molar refractivity (Wildman–Crippen MR) is 66.6 cm³/mol. The summed E-state index contributed by atoms with van der Waals surface area (Å²) in [6.45, 7) is 4.26. The van der Waals surface area contributed by atoms with Crippen LogP contribution in [0.1, 0.15) is 35.2 Å². The molecule has 0 amide bonds. The second-order valence-electron chi connectivity index (χ2n) is 5.52. The highest BCUT2D eigenvalue weighted by Gasteiger charge is 2.47. The summed E-state index contributed by atoms with van der Waals surface area (Å²) < 4.78 is 0. The number of aryl methyl sites for hydroxylation is 1. The fourth-order valence-corrected chi connectivity index (χ4v) is 3.01. The molecule has 1 aromatic carbocycles. The Morgan fingerprint density at radius 1 is 1.35 bits per heavy atom. The largest absolute Gasteiger partial charge is 0.478 e. The molecule has 1 heterocycles.